The molecule has 0 radical (unpaired) electrons. The molecule has 1 aliphatic carbocycles. The number of methoxy groups -OCH3 is 1. The van der Waals surface area contributed by atoms with Gasteiger partial charge in [0.1, 0.15) is 18.1 Å². The second-order valence-electron chi connectivity index (χ2n) is 7.08. The molecular weight excluding hydrogens is 354 g/mol. The molecule has 148 valence electrons. The van der Waals surface area contributed by atoms with E-state index in [1.807, 2.05) is 24.3 Å². The maximum atomic E-state index is 12.5. The molecule has 0 bridgehead atoms. The van der Waals surface area contributed by atoms with Gasteiger partial charge in [0.15, 0.2) is 0 Å². The van der Waals surface area contributed by atoms with Crippen LogP contribution in [0.15, 0.2) is 46.8 Å². The predicted octanol–water partition coefficient (Wildman–Crippen LogP) is 3.23. The highest BCUT2D eigenvalue weighted by molar-refractivity contribution is 5.76. The number of amides is 1. The normalized spacial score (nSPS) is 13.7. The summed E-state index contributed by atoms with van der Waals surface area (Å²) in [7, 11) is 1.60. The van der Waals surface area contributed by atoms with E-state index in [0.29, 0.717) is 18.1 Å². The fourth-order valence-electron chi connectivity index (χ4n) is 3.43. The second-order valence-corrected chi connectivity index (χ2v) is 7.08. The van der Waals surface area contributed by atoms with Crippen LogP contribution >= 0.6 is 0 Å². The number of nitrogens with zero attached hydrogens (tertiary/aromatic N) is 2. The molecule has 1 amide bonds. The van der Waals surface area contributed by atoms with Gasteiger partial charge in [-0.05, 0) is 63.3 Å². The van der Waals surface area contributed by atoms with Gasteiger partial charge in [0.2, 0.25) is 5.91 Å². The van der Waals surface area contributed by atoms with Crippen molar-refractivity contribution < 1.29 is 9.53 Å². The zero-order valence-electron chi connectivity index (χ0n) is 16.5. The smallest absolute Gasteiger partial charge is 0.254 e. The van der Waals surface area contributed by atoms with Crippen LogP contribution in [0.1, 0.15) is 37.8 Å². The molecule has 1 aromatic heterocycles. The maximum Gasteiger partial charge on any atom is 0.254 e. The van der Waals surface area contributed by atoms with Gasteiger partial charge in [0.25, 0.3) is 5.56 Å². The van der Waals surface area contributed by atoms with Gasteiger partial charge in [-0.25, -0.2) is 4.98 Å². The highest BCUT2D eigenvalue weighted by atomic mass is 16.5. The standard InChI is InChI=1S/C22H27N3O3/c1-16-14-21(27)25(22(24-16)18-8-10-19(28-2)11-9-18)15-20(26)23-13-12-17-6-4-3-5-7-17/h6,8-11,14H,3-5,7,12-13,15H2,1-2H3,(H,23,26). The average molecular weight is 381 g/mol. The zero-order chi connectivity index (χ0) is 19.9. The number of hydrogen-bond donors (Lipinski definition) is 1. The van der Waals surface area contributed by atoms with Crippen LogP contribution in [0.25, 0.3) is 11.4 Å². The number of carbonyl (C=O) groups is 1. The van der Waals surface area contributed by atoms with Crippen molar-refractivity contribution in [1.29, 1.82) is 0 Å². The van der Waals surface area contributed by atoms with Gasteiger partial charge in [-0.15, -0.1) is 0 Å². The molecule has 0 saturated heterocycles. The Balaban J connectivity index is 1.72. The SMILES string of the molecule is COc1ccc(-c2nc(C)cc(=O)n2CC(=O)NCCC2=CCCCC2)cc1. The van der Waals surface area contributed by atoms with Crippen LogP contribution in [-0.2, 0) is 11.3 Å². The summed E-state index contributed by atoms with van der Waals surface area (Å²) >= 11 is 0. The van der Waals surface area contributed by atoms with Crippen molar-refractivity contribution in [2.24, 2.45) is 0 Å². The summed E-state index contributed by atoms with van der Waals surface area (Å²) in [5.41, 5.74) is 2.57. The molecule has 0 unspecified atom stereocenters. The van der Waals surface area contributed by atoms with Crippen molar-refractivity contribution in [3.8, 4) is 17.1 Å². The van der Waals surface area contributed by atoms with E-state index in [0.717, 1.165) is 30.6 Å². The van der Waals surface area contributed by atoms with Crippen LogP contribution < -0.4 is 15.6 Å². The van der Waals surface area contributed by atoms with Crippen LogP contribution in [0.3, 0.4) is 0 Å². The van der Waals surface area contributed by atoms with E-state index in [1.54, 1.807) is 14.0 Å². The number of aryl methyl sites for hydroxylation is 1. The third-order valence-corrected chi connectivity index (χ3v) is 4.94. The third-order valence-electron chi connectivity index (χ3n) is 4.94. The Hall–Kier alpha value is -2.89. The Kier molecular flexibility index (Phi) is 6.63. The lowest BCUT2D eigenvalue weighted by Gasteiger charge is -2.15. The Bertz CT molecular complexity index is 914. The van der Waals surface area contributed by atoms with Crippen molar-refractivity contribution in [2.45, 2.75) is 45.6 Å². The molecule has 2 aromatic rings. The summed E-state index contributed by atoms with van der Waals surface area (Å²) in [6.45, 7) is 2.32. The van der Waals surface area contributed by atoms with Gasteiger partial charge in [-0.1, -0.05) is 11.6 Å². The first-order valence-corrected chi connectivity index (χ1v) is 9.74. The molecule has 1 aliphatic rings. The molecule has 0 fully saturated rings. The van der Waals surface area contributed by atoms with E-state index in [9.17, 15) is 9.59 Å². The molecule has 0 spiro atoms. The summed E-state index contributed by atoms with van der Waals surface area (Å²) in [5.74, 6) is 1.02. The van der Waals surface area contributed by atoms with Crippen LogP contribution in [0, 0.1) is 6.92 Å². The lowest BCUT2D eigenvalue weighted by Crippen LogP contribution is -2.34. The number of carbonyl (C=O) groups excluding carboxylic acids is 1. The first kappa shape index (κ1) is 19.9. The van der Waals surface area contributed by atoms with Gasteiger partial charge in [-0.2, -0.15) is 0 Å². The van der Waals surface area contributed by atoms with Crippen molar-refractivity contribution in [1.82, 2.24) is 14.9 Å². The van der Waals surface area contributed by atoms with Crippen molar-refractivity contribution in [2.75, 3.05) is 13.7 Å². The summed E-state index contributed by atoms with van der Waals surface area (Å²) in [6, 6.07) is 8.75. The number of ether oxygens (including phenoxy) is 1. The lowest BCUT2D eigenvalue weighted by molar-refractivity contribution is -0.121. The Labute approximate surface area is 165 Å². The number of hydrogen-bond acceptors (Lipinski definition) is 4. The maximum absolute atomic E-state index is 12.5. The largest absolute Gasteiger partial charge is 0.497 e. The summed E-state index contributed by atoms with van der Waals surface area (Å²) in [5, 5.41) is 2.93. The summed E-state index contributed by atoms with van der Waals surface area (Å²) < 4.78 is 6.60. The number of aromatic nitrogens is 2. The number of benzene rings is 1. The molecular formula is C22H27N3O3. The minimum Gasteiger partial charge on any atom is -0.497 e. The van der Waals surface area contributed by atoms with Gasteiger partial charge in [0.05, 0.1) is 7.11 Å². The minimum atomic E-state index is -0.233. The quantitative estimate of drug-likeness (QED) is 0.748. The van der Waals surface area contributed by atoms with Crippen LogP contribution in [0.4, 0.5) is 0 Å². The van der Waals surface area contributed by atoms with Gasteiger partial charge in [0, 0.05) is 23.9 Å². The van der Waals surface area contributed by atoms with E-state index in [1.165, 1.54) is 29.0 Å². The predicted molar refractivity (Wildman–Crippen MR) is 109 cm³/mol. The van der Waals surface area contributed by atoms with Crippen molar-refractivity contribution in [3.63, 3.8) is 0 Å². The number of allylic oxidation sites excluding steroid dienone is 1. The Morgan fingerprint density at radius 2 is 2.04 bits per heavy atom. The van der Waals surface area contributed by atoms with Crippen molar-refractivity contribution >= 4 is 5.91 Å². The summed E-state index contributed by atoms with van der Waals surface area (Å²) in [4.78, 5) is 29.5. The number of nitrogens with one attached hydrogen (secondary N) is 1. The molecule has 3 rings (SSSR count). The Morgan fingerprint density at radius 1 is 1.25 bits per heavy atom. The molecule has 0 saturated carbocycles. The molecule has 1 aromatic carbocycles. The number of rotatable bonds is 7. The first-order chi connectivity index (χ1) is 13.6. The molecule has 1 N–H and O–H groups in total. The van der Waals surface area contributed by atoms with Gasteiger partial charge < -0.3 is 10.1 Å². The monoisotopic (exact) mass is 381 g/mol. The van der Waals surface area contributed by atoms with E-state index in [-0.39, 0.29) is 18.0 Å². The minimum absolute atomic E-state index is 0.0491. The molecule has 28 heavy (non-hydrogen) atoms. The second kappa shape index (κ2) is 9.35. The Morgan fingerprint density at radius 3 is 2.71 bits per heavy atom. The zero-order valence-corrected chi connectivity index (χ0v) is 16.5. The third kappa shape index (κ3) is 5.09. The molecule has 6 heteroatoms. The highest BCUT2D eigenvalue weighted by Crippen LogP contribution is 2.21. The van der Waals surface area contributed by atoms with Crippen LogP contribution in [0.5, 0.6) is 5.75 Å². The van der Waals surface area contributed by atoms with Gasteiger partial charge >= 0.3 is 0 Å². The molecule has 0 atom stereocenters. The highest BCUT2D eigenvalue weighted by Gasteiger charge is 2.13. The molecule has 6 nitrogen and oxygen atoms in total. The lowest BCUT2D eigenvalue weighted by atomic mass is 9.97. The van der Waals surface area contributed by atoms with Crippen LogP contribution in [0.2, 0.25) is 0 Å². The van der Waals surface area contributed by atoms with E-state index >= 15 is 0 Å². The van der Waals surface area contributed by atoms with Crippen LogP contribution in [-0.4, -0.2) is 29.1 Å². The summed E-state index contributed by atoms with van der Waals surface area (Å²) in [6.07, 6.45) is 7.91. The molecule has 0 aliphatic heterocycles. The average Bonchev–Trinajstić information content (AvgIpc) is 2.71. The molecule has 1 heterocycles. The fourth-order valence-corrected chi connectivity index (χ4v) is 3.43. The van der Waals surface area contributed by atoms with E-state index in [2.05, 4.69) is 16.4 Å². The first-order valence-electron chi connectivity index (χ1n) is 9.74. The van der Waals surface area contributed by atoms with E-state index < -0.39 is 0 Å². The van der Waals surface area contributed by atoms with Gasteiger partial charge in [-0.3, -0.25) is 14.2 Å². The topological polar surface area (TPSA) is 73.2 Å². The van der Waals surface area contributed by atoms with Crippen molar-refractivity contribution in [3.05, 3.63) is 58.0 Å². The fraction of sp³-hybridized carbons (Fsp3) is 0.409. The van der Waals surface area contributed by atoms with E-state index in [4.69, 9.17) is 4.74 Å².